The Morgan fingerprint density at radius 1 is 1.48 bits per heavy atom. The second-order valence-electron chi connectivity index (χ2n) is 4.40. The van der Waals surface area contributed by atoms with E-state index in [4.69, 9.17) is 9.84 Å². The highest BCUT2D eigenvalue weighted by molar-refractivity contribution is 7.98. The number of thioether (sulfide) groups is 1. The van der Waals surface area contributed by atoms with Gasteiger partial charge in [-0.25, -0.2) is 9.18 Å². The van der Waals surface area contributed by atoms with Crippen molar-refractivity contribution in [2.24, 2.45) is 0 Å². The molecule has 0 heterocycles. The quantitative estimate of drug-likeness (QED) is 0.766. The second kappa shape index (κ2) is 8.51. The highest BCUT2D eigenvalue weighted by atomic mass is 32.2. The molecule has 2 atom stereocenters. The van der Waals surface area contributed by atoms with Crippen LogP contribution in [0.15, 0.2) is 24.3 Å². The maximum absolute atomic E-state index is 13.0. The van der Waals surface area contributed by atoms with Crippen LogP contribution in [0.2, 0.25) is 0 Å². The zero-order valence-corrected chi connectivity index (χ0v) is 12.7. The number of rotatable bonds is 8. The molecule has 0 aliphatic rings. The molecule has 2 N–H and O–H groups in total. The fourth-order valence-electron chi connectivity index (χ4n) is 1.58. The van der Waals surface area contributed by atoms with Crippen LogP contribution in [0.3, 0.4) is 0 Å². The van der Waals surface area contributed by atoms with Gasteiger partial charge in [0, 0.05) is 6.07 Å². The normalized spacial score (nSPS) is 13.3. The van der Waals surface area contributed by atoms with E-state index in [1.807, 2.05) is 6.26 Å². The predicted molar refractivity (Wildman–Crippen MR) is 79.1 cm³/mol. The molecule has 0 bridgehead atoms. The first-order chi connectivity index (χ1) is 9.93. The maximum atomic E-state index is 13.0. The molecule has 0 aromatic heterocycles. The monoisotopic (exact) mass is 315 g/mol. The van der Waals surface area contributed by atoms with Crippen molar-refractivity contribution in [3.63, 3.8) is 0 Å². The summed E-state index contributed by atoms with van der Waals surface area (Å²) in [6.07, 6.45) is 1.27. The van der Waals surface area contributed by atoms with Gasteiger partial charge in [0.2, 0.25) is 0 Å². The number of aliphatic carboxylic acids is 1. The molecule has 0 aliphatic heterocycles. The summed E-state index contributed by atoms with van der Waals surface area (Å²) in [6.45, 7) is 1.48. The number of carboxylic acid groups (broad SMARTS) is 1. The first-order valence-corrected chi connectivity index (χ1v) is 7.77. The minimum absolute atomic E-state index is 0.216. The lowest BCUT2D eigenvalue weighted by atomic mass is 10.2. The summed E-state index contributed by atoms with van der Waals surface area (Å²) in [6, 6.07) is 4.46. The maximum Gasteiger partial charge on any atom is 0.326 e. The molecule has 1 unspecified atom stereocenters. The summed E-state index contributed by atoms with van der Waals surface area (Å²) in [7, 11) is 0. The van der Waals surface area contributed by atoms with Crippen LogP contribution >= 0.6 is 11.8 Å². The molecule has 1 rings (SSSR count). The molecule has 1 aromatic carbocycles. The number of carboxylic acids is 1. The molecular formula is C14H18FNO4S. The van der Waals surface area contributed by atoms with E-state index in [0.717, 1.165) is 6.07 Å². The van der Waals surface area contributed by atoms with Gasteiger partial charge in [-0.2, -0.15) is 11.8 Å². The van der Waals surface area contributed by atoms with E-state index >= 15 is 0 Å². The van der Waals surface area contributed by atoms with Crippen molar-refractivity contribution < 1.29 is 23.8 Å². The van der Waals surface area contributed by atoms with Crippen molar-refractivity contribution in [3.8, 4) is 5.75 Å². The molecule has 21 heavy (non-hydrogen) atoms. The Kier molecular flexibility index (Phi) is 7.01. The molecule has 0 saturated carbocycles. The van der Waals surface area contributed by atoms with Gasteiger partial charge in [-0.05, 0) is 37.5 Å². The molecular weight excluding hydrogens is 297 g/mol. The summed E-state index contributed by atoms with van der Waals surface area (Å²) >= 11 is 1.50. The van der Waals surface area contributed by atoms with Crippen LogP contribution in [-0.4, -0.2) is 41.1 Å². The standard InChI is InChI=1S/C14H18FNO4S/c1-9(20-11-5-3-4-10(15)8-11)13(17)16-12(14(18)19)6-7-21-2/h3-5,8-9,12H,6-7H2,1-2H3,(H,16,17)(H,18,19)/t9?,12-/m1/s1. The van der Waals surface area contributed by atoms with Gasteiger partial charge in [-0.1, -0.05) is 6.07 Å². The lowest BCUT2D eigenvalue weighted by molar-refractivity contribution is -0.142. The van der Waals surface area contributed by atoms with Crippen molar-refractivity contribution in [2.45, 2.75) is 25.5 Å². The lowest BCUT2D eigenvalue weighted by Gasteiger charge is -2.18. The number of nitrogens with one attached hydrogen (secondary N) is 1. The minimum Gasteiger partial charge on any atom is -0.481 e. The van der Waals surface area contributed by atoms with Crippen molar-refractivity contribution in [1.82, 2.24) is 5.32 Å². The van der Waals surface area contributed by atoms with E-state index < -0.39 is 29.8 Å². The fourth-order valence-corrected chi connectivity index (χ4v) is 2.05. The Labute approximate surface area is 126 Å². The molecule has 0 radical (unpaired) electrons. The average molecular weight is 315 g/mol. The highest BCUT2D eigenvalue weighted by Gasteiger charge is 2.23. The molecule has 1 aromatic rings. The minimum atomic E-state index is -1.09. The van der Waals surface area contributed by atoms with Gasteiger partial charge >= 0.3 is 5.97 Å². The third kappa shape index (κ3) is 6.03. The number of halogens is 1. The van der Waals surface area contributed by atoms with Crippen molar-refractivity contribution in [3.05, 3.63) is 30.1 Å². The number of carbonyl (C=O) groups excluding carboxylic acids is 1. The molecule has 0 saturated heterocycles. The number of amides is 1. The molecule has 0 spiro atoms. The number of hydrogen-bond acceptors (Lipinski definition) is 4. The topological polar surface area (TPSA) is 75.6 Å². The predicted octanol–water partition coefficient (Wildman–Crippen LogP) is 1.92. The molecule has 0 fully saturated rings. The third-order valence-electron chi connectivity index (χ3n) is 2.70. The van der Waals surface area contributed by atoms with Gasteiger partial charge in [0.25, 0.3) is 5.91 Å². The van der Waals surface area contributed by atoms with E-state index in [1.165, 1.54) is 36.9 Å². The summed E-state index contributed by atoms with van der Waals surface area (Å²) in [5.74, 6) is -1.27. The zero-order valence-electron chi connectivity index (χ0n) is 11.8. The number of ether oxygens (including phenoxy) is 1. The van der Waals surface area contributed by atoms with Gasteiger partial charge in [0.15, 0.2) is 6.10 Å². The first-order valence-electron chi connectivity index (χ1n) is 6.38. The molecule has 1 amide bonds. The van der Waals surface area contributed by atoms with E-state index in [0.29, 0.717) is 12.2 Å². The van der Waals surface area contributed by atoms with Crippen LogP contribution < -0.4 is 10.1 Å². The van der Waals surface area contributed by atoms with Crippen LogP contribution in [0.5, 0.6) is 5.75 Å². The molecule has 7 heteroatoms. The molecule has 5 nitrogen and oxygen atoms in total. The largest absolute Gasteiger partial charge is 0.481 e. The van der Waals surface area contributed by atoms with E-state index in [1.54, 1.807) is 0 Å². The Balaban J connectivity index is 2.58. The van der Waals surface area contributed by atoms with Gasteiger partial charge in [0.05, 0.1) is 0 Å². The van der Waals surface area contributed by atoms with E-state index in [-0.39, 0.29) is 5.75 Å². The Morgan fingerprint density at radius 3 is 2.76 bits per heavy atom. The smallest absolute Gasteiger partial charge is 0.326 e. The van der Waals surface area contributed by atoms with Gasteiger partial charge in [-0.3, -0.25) is 4.79 Å². The Hall–Kier alpha value is -1.76. The lowest BCUT2D eigenvalue weighted by Crippen LogP contribution is -2.46. The number of hydrogen-bond donors (Lipinski definition) is 2. The summed E-state index contributed by atoms with van der Waals surface area (Å²) in [5, 5.41) is 11.5. The summed E-state index contributed by atoms with van der Waals surface area (Å²) < 4.78 is 18.3. The van der Waals surface area contributed by atoms with Crippen LogP contribution in [0, 0.1) is 5.82 Å². The Bertz CT molecular complexity index is 498. The molecule has 116 valence electrons. The molecule has 0 aliphatic carbocycles. The van der Waals surface area contributed by atoms with Gasteiger partial charge < -0.3 is 15.2 Å². The highest BCUT2D eigenvalue weighted by Crippen LogP contribution is 2.14. The van der Waals surface area contributed by atoms with E-state index in [9.17, 15) is 14.0 Å². The average Bonchev–Trinajstić information content (AvgIpc) is 2.42. The second-order valence-corrected chi connectivity index (χ2v) is 5.38. The zero-order chi connectivity index (χ0) is 15.8. The Morgan fingerprint density at radius 2 is 2.19 bits per heavy atom. The van der Waals surface area contributed by atoms with Gasteiger partial charge in [0.1, 0.15) is 17.6 Å². The van der Waals surface area contributed by atoms with Crippen LogP contribution in [0.4, 0.5) is 4.39 Å². The van der Waals surface area contributed by atoms with E-state index in [2.05, 4.69) is 5.32 Å². The first kappa shape index (κ1) is 17.3. The van der Waals surface area contributed by atoms with Crippen molar-refractivity contribution in [1.29, 1.82) is 0 Å². The van der Waals surface area contributed by atoms with Crippen LogP contribution in [-0.2, 0) is 9.59 Å². The summed E-state index contributed by atoms with van der Waals surface area (Å²) in [5.41, 5.74) is 0. The fraction of sp³-hybridized carbons (Fsp3) is 0.429. The number of benzene rings is 1. The third-order valence-corrected chi connectivity index (χ3v) is 3.35. The van der Waals surface area contributed by atoms with Crippen LogP contribution in [0.25, 0.3) is 0 Å². The van der Waals surface area contributed by atoms with Crippen LogP contribution in [0.1, 0.15) is 13.3 Å². The van der Waals surface area contributed by atoms with Gasteiger partial charge in [-0.15, -0.1) is 0 Å². The number of carbonyl (C=O) groups is 2. The summed E-state index contributed by atoms with van der Waals surface area (Å²) in [4.78, 5) is 23.0. The van der Waals surface area contributed by atoms with Crippen molar-refractivity contribution >= 4 is 23.6 Å². The van der Waals surface area contributed by atoms with Crippen molar-refractivity contribution in [2.75, 3.05) is 12.0 Å². The SMILES string of the molecule is CSCC[C@@H](NC(=O)C(C)Oc1cccc(F)c1)C(=O)O.